The second kappa shape index (κ2) is 5.99. The molecule has 102 valence electrons. The zero-order chi connectivity index (χ0) is 13.8. The largest absolute Gasteiger partial charge is 0.480 e. The van der Waals surface area contributed by atoms with Gasteiger partial charge >= 0.3 is 0 Å². The zero-order valence-corrected chi connectivity index (χ0v) is 11.9. The Bertz CT molecular complexity index is 557. The van der Waals surface area contributed by atoms with Crippen LogP contribution in [0.15, 0.2) is 18.3 Å². The molecule has 1 atom stereocenters. The van der Waals surface area contributed by atoms with Crippen LogP contribution in [0.4, 0.5) is 0 Å². The van der Waals surface area contributed by atoms with Gasteiger partial charge in [0.25, 0.3) is 0 Å². The zero-order valence-electron chi connectivity index (χ0n) is 11.1. The summed E-state index contributed by atoms with van der Waals surface area (Å²) in [7, 11) is 3.00. The molecule has 0 saturated carbocycles. The van der Waals surface area contributed by atoms with Crippen LogP contribution >= 0.6 is 11.3 Å². The number of methoxy groups -OCH3 is 2. The molecule has 0 saturated heterocycles. The number of aromatic nitrogens is 2. The van der Waals surface area contributed by atoms with Gasteiger partial charge in [-0.2, -0.15) is 4.98 Å². The minimum absolute atomic E-state index is 0.276. The van der Waals surface area contributed by atoms with Crippen molar-refractivity contribution >= 4 is 11.3 Å². The first-order valence-corrected chi connectivity index (χ1v) is 6.72. The summed E-state index contributed by atoms with van der Waals surface area (Å²) in [6.45, 7) is 2.08. The normalized spacial score (nSPS) is 12.2. The number of hydrogen-bond acceptors (Lipinski definition) is 6. The Labute approximate surface area is 115 Å². The molecule has 0 aliphatic rings. The van der Waals surface area contributed by atoms with Crippen LogP contribution in [0.3, 0.4) is 0 Å². The highest BCUT2D eigenvalue weighted by Crippen LogP contribution is 2.32. The van der Waals surface area contributed by atoms with E-state index >= 15 is 0 Å². The van der Waals surface area contributed by atoms with Crippen LogP contribution in [-0.2, 0) is 6.42 Å². The van der Waals surface area contributed by atoms with Crippen LogP contribution in [0, 0.1) is 0 Å². The summed E-state index contributed by atoms with van der Waals surface area (Å²) in [5, 5.41) is 10.4. The molecule has 0 fully saturated rings. The molecule has 5 nitrogen and oxygen atoms in total. The Morgan fingerprint density at radius 2 is 2.11 bits per heavy atom. The highest BCUT2D eigenvalue weighted by Gasteiger charge is 2.20. The van der Waals surface area contributed by atoms with Crippen LogP contribution < -0.4 is 9.47 Å². The number of hydrogen-bond donors (Lipinski definition) is 1. The molecule has 0 radical (unpaired) electrons. The van der Waals surface area contributed by atoms with Crippen molar-refractivity contribution in [3.8, 4) is 11.8 Å². The van der Waals surface area contributed by atoms with Gasteiger partial charge in [-0.25, -0.2) is 4.98 Å². The van der Waals surface area contributed by atoms with Gasteiger partial charge in [-0.15, -0.1) is 11.3 Å². The van der Waals surface area contributed by atoms with Gasteiger partial charge in [-0.05, 0) is 18.6 Å². The lowest BCUT2D eigenvalue weighted by molar-refractivity contribution is 0.210. The second-order valence-electron chi connectivity index (χ2n) is 3.87. The summed E-state index contributed by atoms with van der Waals surface area (Å²) in [5.41, 5.74) is 0.396. The molecule has 2 heterocycles. The number of aliphatic hydroxyl groups excluding tert-OH is 1. The van der Waals surface area contributed by atoms with Crippen LogP contribution in [-0.4, -0.2) is 29.3 Å². The van der Waals surface area contributed by atoms with E-state index in [0.29, 0.717) is 11.6 Å². The fourth-order valence-corrected chi connectivity index (χ4v) is 2.61. The van der Waals surface area contributed by atoms with Gasteiger partial charge in [0.15, 0.2) is 0 Å². The topological polar surface area (TPSA) is 64.5 Å². The summed E-state index contributed by atoms with van der Waals surface area (Å²) >= 11 is 1.56. The predicted molar refractivity (Wildman–Crippen MR) is 72.9 cm³/mol. The Morgan fingerprint density at radius 3 is 2.68 bits per heavy atom. The van der Waals surface area contributed by atoms with Crippen molar-refractivity contribution in [2.24, 2.45) is 0 Å². The quantitative estimate of drug-likeness (QED) is 0.909. The van der Waals surface area contributed by atoms with E-state index in [2.05, 4.69) is 16.9 Å². The second-order valence-corrected chi connectivity index (χ2v) is 5.07. The van der Waals surface area contributed by atoms with Crippen LogP contribution in [0.5, 0.6) is 11.8 Å². The third-order valence-corrected chi connectivity index (χ3v) is 3.99. The molecule has 1 unspecified atom stereocenters. The first kappa shape index (κ1) is 13.8. The minimum atomic E-state index is -0.835. The highest BCUT2D eigenvalue weighted by atomic mass is 32.1. The van der Waals surface area contributed by atoms with Gasteiger partial charge in [-0.1, -0.05) is 6.92 Å². The van der Waals surface area contributed by atoms with Gasteiger partial charge in [0.05, 0.1) is 20.4 Å². The number of aliphatic hydroxyl groups is 1. The van der Waals surface area contributed by atoms with E-state index in [4.69, 9.17) is 9.47 Å². The van der Waals surface area contributed by atoms with Crippen LogP contribution in [0.25, 0.3) is 0 Å². The van der Waals surface area contributed by atoms with Crippen molar-refractivity contribution in [2.75, 3.05) is 14.2 Å². The maximum absolute atomic E-state index is 10.4. The fourth-order valence-electron chi connectivity index (χ4n) is 1.67. The molecule has 1 N–H and O–H groups in total. The van der Waals surface area contributed by atoms with Crippen molar-refractivity contribution in [1.29, 1.82) is 0 Å². The van der Waals surface area contributed by atoms with Crippen LogP contribution in [0.2, 0.25) is 0 Å². The van der Waals surface area contributed by atoms with Crippen molar-refractivity contribution in [2.45, 2.75) is 19.4 Å². The fraction of sp³-hybridized carbons (Fsp3) is 0.385. The van der Waals surface area contributed by atoms with Gasteiger partial charge in [0.2, 0.25) is 11.8 Å². The highest BCUT2D eigenvalue weighted by molar-refractivity contribution is 7.12. The monoisotopic (exact) mass is 280 g/mol. The van der Waals surface area contributed by atoms with Gasteiger partial charge in [-0.3, -0.25) is 0 Å². The lowest BCUT2D eigenvalue weighted by Crippen LogP contribution is -2.06. The predicted octanol–water partition coefficient (Wildman–Crippen LogP) is 2.20. The Balaban J connectivity index is 2.34. The van der Waals surface area contributed by atoms with Crippen molar-refractivity contribution in [3.05, 3.63) is 33.8 Å². The number of aryl methyl sites for hydroxylation is 1. The molecule has 2 aromatic heterocycles. The van der Waals surface area contributed by atoms with Gasteiger partial charge in [0, 0.05) is 9.75 Å². The lowest BCUT2D eigenvalue weighted by atomic mass is 10.2. The van der Waals surface area contributed by atoms with Crippen molar-refractivity contribution in [1.82, 2.24) is 9.97 Å². The van der Waals surface area contributed by atoms with E-state index in [9.17, 15) is 5.11 Å². The Morgan fingerprint density at radius 1 is 1.32 bits per heavy atom. The molecule has 0 aliphatic carbocycles. The molecule has 0 spiro atoms. The molecule has 0 amide bonds. The van der Waals surface area contributed by atoms with Crippen molar-refractivity contribution in [3.63, 3.8) is 0 Å². The molecule has 0 bridgehead atoms. The van der Waals surface area contributed by atoms with Gasteiger partial charge in [0.1, 0.15) is 11.8 Å². The average molecular weight is 280 g/mol. The Kier molecular flexibility index (Phi) is 4.34. The molecular formula is C13H16N2O3S. The first-order chi connectivity index (χ1) is 9.19. The smallest absolute Gasteiger partial charge is 0.241 e. The summed E-state index contributed by atoms with van der Waals surface area (Å²) in [6, 6.07) is 3.91. The maximum atomic E-state index is 10.4. The number of rotatable bonds is 5. The summed E-state index contributed by atoms with van der Waals surface area (Å²) in [5.74, 6) is 0.631. The maximum Gasteiger partial charge on any atom is 0.241 e. The number of thiophene rings is 1. The van der Waals surface area contributed by atoms with Crippen molar-refractivity contribution < 1.29 is 14.6 Å². The number of nitrogens with zero attached hydrogens (tertiary/aromatic N) is 2. The Hall–Kier alpha value is -1.66. The lowest BCUT2D eigenvalue weighted by Gasteiger charge is -2.12. The standard InChI is InChI=1S/C13H16N2O3S/c1-4-8-5-6-9(19-8)12(16)11-13(18-3)15-10(17-2)7-14-11/h5-7,12,16H,4H2,1-3H3. The molecule has 2 aromatic rings. The molecule has 0 aromatic carbocycles. The first-order valence-electron chi connectivity index (χ1n) is 5.91. The molecule has 6 heteroatoms. The SMILES string of the molecule is CCc1ccc(C(O)c2ncc(OC)nc2OC)s1. The van der Waals surface area contributed by atoms with E-state index in [-0.39, 0.29) is 5.88 Å². The summed E-state index contributed by atoms with van der Waals surface area (Å²) in [4.78, 5) is 10.3. The van der Waals surface area contributed by atoms with E-state index in [1.165, 1.54) is 25.3 Å². The third kappa shape index (κ3) is 2.85. The molecule has 0 aliphatic heterocycles. The average Bonchev–Trinajstić information content (AvgIpc) is 2.94. The van der Waals surface area contributed by atoms with E-state index in [1.807, 2.05) is 12.1 Å². The van der Waals surface area contributed by atoms with E-state index in [0.717, 1.165) is 11.3 Å². The summed E-state index contributed by atoms with van der Waals surface area (Å²) in [6.07, 6.45) is 1.58. The van der Waals surface area contributed by atoms with Crippen LogP contribution in [0.1, 0.15) is 28.5 Å². The van der Waals surface area contributed by atoms with E-state index in [1.54, 1.807) is 11.3 Å². The van der Waals surface area contributed by atoms with E-state index < -0.39 is 6.10 Å². The molecular weight excluding hydrogens is 264 g/mol. The molecule has 19 heavy (non-hydrogen) atoms. The number of ether oxygens (including phenoxy) is 2. The van der Waals surface area contributed by atoms with Gasteiger partial charge < -0.3 is 14.6 Å². The molecule has 2 rings (SSSR count). The third-order valence-electron chi connectivity index (χ3n) is 2.71. The minimum Gasteiger partial charge on any atom is -0.480 e. The summed E-state index contributed by atoms with van der Waals surface area (Å²) < 4.78 is 10.1.